The summed E-state index contributed by atoms with van der Waals surface area (Å²) in [6, 6.07) is 9.86. The molecule has 0 atom stereocenters. The van der Waals surface area contributed by atoms with Crippen LogP contribution >= 0.6 is 0 Å². The number of hydrogen-bond acceptors (Lipinski definition) is 4. The molecule has 2 aromatic rings. The Balaban J connectivity index is 1.43. The van der Waals surface area contributed by atoms with Crippen LogP contribution in [0.1, 0.15) is 41.4 Å². The Hall–Kier alpha value is -3.55. The molecule has 4 amide bonds. The molecule has 0 saturated carbocycles. The predicted molar refractivity (Wildman–Crippen MR) is 101 cm³/mol. The summed E-state index contributed by atoms with van der Waals surface area (Å²) in [6.45, 7) is 1.39. The zero-order valence-electron chi connectivity index (χ0n) is 15.7. The lowest BCUT2D eigenvalue weighted by molar-refractivity contribution is 0.0535. The van der Waals surface area contributed by atoms with Gasteiger partial charge in [0.25, 0.3) is 23.6 Å². The van der Waals surface area contributed by atoms with Crippen molar-refractivity contribution in [3.05, 3.63) is 70.5 Å². The summed E-state index contributed by atoms with van der Waals surface area (Å²) in [5, 5.41) is 0. The van der Waals surface area contributed by atoms with E-state index in [1.54, 1.807) is 15.9 Å². The molecular formula is C21H18FN3O4. The maximum atomic E-state index is 13.0. The molecule has 2 aromatic carbocycles. The number of fused-ring (bicyclic) bond motifs is 1. The second-order valence-corrected chi connectivity index (χ2v) is 7.02. The third-order valence-corrected chi connectivity index (χ3v) is 5.28. The van der Waals surface area contributed by atoms with E-state index in [1.807, 2.05) is 0 Å². The molecule has 0 aromatic heterocycles. The number of piperazine rings is 1. The van der Waals surface area contributed by atoms with Crippen molar-refractivity contribution in [3.63, 3.8) is 0 Å². The summed E-state index contributed by atoms with van der Waals surface area (Å²) >= 11 is 0. The van der Waals surface area contributed by atoms with Crippen LogP contribution in [0.3, 0.4) is 0 Å². The molecule has 7 nitrogen and oxygen atoms in total. The van der Waals surface area contributed by atoms with Crippen LogP contribution < -0.4 is 0 Å². The average molecular weight is 395 g/mol. The van der Waals surface area contributed by atoms with E-state index in [9.17, 15) is 23.6 Å². The maximum absolute atomic E-state index is 13.0. The van der Waals surface area contributed by atoms with Crippen molar-refractivity contribution in [1.82, 2.24) is 14.7 Å². The van der Waals surface area contributed by atoms with Gasteiger partial charge in [-0.05, 0) is 42.5 Å². The van der Waals surface area contributed by atoms with Gasteiger partial charge in [0, 0.05) is 44.4 Å². The molecule has 0 N–H and O–H groups in total. The smallest absolute Gasteiger partial charge is 0.261 e. The maximum Gasteiger partial charge on any atom is 0.261 e. The Labute approximate surface area is 166 Å². The highest BCUT2D eigenvalue weighted by molar-refractivity contribution is 6.21. The number of benzene rings is 2. The molecule has 148 valence electrons. The van der Waals surface area contributed by atoms with E-state index < -0.39 is 11.7 Å². The van der Waals surface area contributed by atoms with E-state index in [0.717, 1.165) is 4.90 Å². The van der Waals surface area contributed by atoms with Gasteiger partial charge in [0.1, 0.15) is 5.82 Å². The first kappa shape index (κ1) is 18.8. The molecule has 1 saturated heterocycles. The van der Waals surface area contributed by atoms with Crippen molar-refractivity contribution in [2.45, 2.75) is 0 Å². The SMILES string of the molecule is CN1C(=O)c2ccc(C(=O)N3CCN(C(=O)c4ccc(F)cc4)CC3)cc2C1=O. The molecule has 0 aliphatic carbocycles. The number of rotatable bonds is 2. The quantitative estimate of drug-likeness (QED) is 0.725. The van der Waals surface area contributed by atoms with Crippen molar-refractivity contribution >= 4 is 23.6 Å². The van der Waals surface area contributed by atoms with Crippen molar-refractivity contribution in [3.8, 4) is 0 Å². The minimum absolute atomic E-state index is 0.207. The van der Waals surface area contributed by atoms with E-state index in [0.29, 0.717) is 42.9 Å². The Bertz CT molecular complexity index is 1030. The Morgan fingerprint density at radius 3 is 1.83 bits per heavy atom. The third-order valence-electron chi connectivity index (χ3n) is 5.28. The average Bonchev–Trinajstić information content (AvgIpc) is 2.97. The molecular weight excluding hydrogens is 377 g/mol. The fourth-order valence-corrected chi connectivity index (χ4v) is 3.56. The van der Waals surface area contributed by atoms with Crippen molar-refractivity contribution in [2.75, 3.05) is 33.2 Å². The van der Waals surface area contributed by atoms with Crippen LogP contribution in [0.2, 0.25) is 0 Å². The number of carbonyl (C=O) groups excluding carboxylic acids is 4. The molecule has 0 radical (unpaired) electrons. The van der Waals surface area contributed by atoms with Crippen LogP contribution in [0.4, 0.5) is 4.39 Å². The van der Waals surface area contributed by atoms with Gasteiger partial charge in [0.15, 0.2) is 0 Å². The van der Waals surface area contributed by atoms with Gasteiger partial charge >= 0.3 is 0 Å². The Morgan fingerprint density at radius 1 is 0.759 bits per heavy atom. The van der Waals surface area contributed by atoms with Crippen LogP contribution in [0.5, 0.6) is 0 Å². The second kappa shape index (κ2) is 7.12. The molecule has 0 unspecified atom stereocenters. The predicted octanol–water partition coefficient (Wildman–Crippen LogP) is 1.65. The van der Waals surface area contributed by atoms with E-state index in [1.165, 1.54) is 43.4 Å². The first-order valence-electron chi connectivity index (χ1n) is 9.17. The molecule has 0 spiro atoms. The minimum Gasteiger partial charge on any atom is -0.335 e. The highest BCUT2D eigenvalue weighted by Crippen LogP contribution is 2.23. The van der Waals surface area contributed by atoms with Gasteiger partial charge < -0.3 is 9.80 Å². The monoisotopic (exact) mass is 395 g/mol. The summed E-state index contributed by atoms with van der Waals surface area (Å²) in [5.74, 6) is -1.66. The molecule has 2 aliphatic rings. The van der Waals surface area contributed by atoms with Gasteiger partial charge in [-0.1, -0.05) is 0 Å². The summed E-state index contributed by atoms with van der Waals surface area (Å²) in [6.07, 6.45) is 0. The lowest BCUT2D eigenvalue weighted by atomic mass is 10.0. The summed E-state index contributed by atoms with van der Waals surface area (Å²) in [5.41, 5.74) is 1.26. The van der Waals surface area contributed by atoms with E-state index in [-0.39, 0.29) is 23.3 Å². The van der Waals surface area contributed by atoms with E-state index in [2.05, 4.69) is 0 Å². The summed E-state index contributed by atoms with van der Waals surface area (Å²) in [4.78, 5) is 53.7. The highest BCUT2D eigenvalue weighted by atomic mass is 19.1. The Kier molecular flexibility index (Phi) is 4.62. The number of amides is 4. The number of halogens is 1. The normalized spacial score (nSPS) is 16.3. The van der Waals surface area contributed by atoms with Gasteiger partial charge in [-0.3, -0.25) is 24.1 Å². The van der Waals surface area contributed by atoms with Gasteiger partial charge in [-0.15, -0.1) is 0 Å². The van der Waals surface area contributed by atoms with Crippen LogP contribution in [0.15, 0.2) is 42.5 Å². The largest absolute Gasteiger partial charge is 0.335 e. The fourth-order valence-electron chi connectivity index (χ4n) is 3.56. The molecule has 29 heavy (non-hydrogen) atoms. The fraction of sp³-hybridized carbons (Fsp3) is 0.238. The molecule has 4 rings (SSSR count). The first-order valence-corrected chi connectivity index (χ1v) is 9.17. The lowest BCUT2D eigenvalue weighted by Gasteiger charge is -2.35. The molecule has 1 fully saturated rings. The number of nitrogens with zero attached hydrogens (tertiary/aromatic N) is 3. The molecule has 8 heteroatoms. The number of carbonyl (C=O) groups is 4. The Morgan fingerprint density at radius 2 is 1.24 bits per heavy atom. The van der Waals surface area contributed by atoms with Crippen LogP contribution in [0, 0.1) is 5.82 Å². The van der Waals surface area contributed by atoms with Crippen LogP contribution in [0.25, 0.3) is 0 Å². The van der Waals surface area contributed by atoms with Gasteiger partial charge in [-0.25, -0.2) is 4.39 Å². The lowest BCUT2D eigenvalue weighted by Crippen LogP contribution is -2.50. The molecule has 2 aliphatic heterocycles. The topological polar surface area (TPSA) is 78.0 Å². The minimum atomic E-state index is -0.422. The second-order valence-electron chi connectivity index (χ2n) is 7.02. The zero-order valence-corrected chi connectivity index (χ0v) is 15.7. The number of hydrogen-bond donors (Lipinski definition) is 0. The molecule has 2 heterocycles. The summed E-state index contributed by atoms with van der Waals surface area (Å²) in [7, 11) is 1.41. The molecule has 0 bridgehead atoms. The summed E-state index contributed by atoms with van der Waals surface area (Å²) < 4.78 is 13.0. The van der Waals surface area contributed by atoms with Crippen molar-refractivity contribution < 1.29 is 23.6 Å². The first-order chi connectivity index (χ1) is 13.9. The van der Waals surface area contributed by atoms with Gasteiger partial charge in [0.2, 0.25) is 0 Å². The van der Waals surface area contributed by atoms with Crippen molar-refractivity contribution in [1.29, 1.82) is 0 Å². The van der Waals surface area contributed by atoms with Crippen LogP contribution in [-0.2, 0) is 0 Å². The van der Waals surface area contributed by atoms with Crippen molar-refractivity contribution in [2.24, 2.45) is 0 Å². The third kappa shape index (κ3) is 3.26. The highest BCUT2D eigenvalue weighted by Gasteiger charge is 2.34. The van der Waals surface area contributed by atoms with E-state index >= 15 is 0 Å². The van der Waals surface area contributed by atoms with Gasteiger partial charge in [0.05, 0.1) is 11.1 Å². The van der Waals surface area contributed by atoms with E-state index in [4.69, 9.17) is 0 Å². The zero-order chi connectivity index (χ0) is 20.7. The number of imide groups is 1. The van der Waals surface area contributed by atoms with Crippen LogP contribution in [-0.4, -0.2) is 71.6 Å². The van der Waals surface area contributed by atoms with Gasteiger partial charge in [-0.2, -0.15) is 0 Å². The standard InChI is InChI=1S/C21H18FN3O4/c1-23-20(28)16-7-4-14(12-17(16)21(23)29)19(27)25-10-8-24(9-11-25)18(26)13-2-5-15(22)6-3-13/h2-7,12H,8-11H2,1H3.